The van der Waals surface area contributed by atoms with E-state index in [2.05, 4.69) is 4.98 Å². The molecule has 0 bridgehead atoms. The highest BCUT2D eigenvalue weighted by Gasteiger charge is 2.03. The Balaban J connectivity index is 2.64. The van der Waals surface area contributed by atoms with Crippen LogP contribution < -0.4 is 0 Å². The minimum absolute atomic E-state index is 0.306. The minimum atomic E-state index is 0.306. The molecule has 0 spiro atoms. The maximum Gasteiger partial charge on any atom is 0.203 e. The average molecular weight is 193 g/mol. The van der Waals surface area contributed by atoms with Gasteiger partial charge in [-0.15, -0.1) is 0 Å². The topological polar surface area (TPSA) is 32.9 Å². The standard InChI is InChI=1S/C10H7ClNO/c11-8-1-2-10-9(5-8)7(3-4-13)6-12-10/h1-2,5-6,12H,3H2. The van der Waals surface area contributed by atoms with Gasteiger partial charge in [0.2, 0.25) is 6.29 Å². The minimum Gasteiger partial charge on any atom is -0.361 e. The van der Waals surface area contributed by atoms with E-state index >= 15 is 0 Å². The van der Waals surface area contributed by atoms with Crippen LogP contribution in [0.2, 0.25) is 5.02 Å². The van der Waals surface area contributed by atoms with Crippen LogP contribution in [0.25, 0.3) is 10.9 Å². The first-order valence-corrected chi connectivity index (χ1v) is 4.29. The molecule has 0 atom stereocenters. The number of aromatic nitrogens is 1. The Morgan fingerprint density at radius 1 is 1.46 bits per heavy atom. The molecule has 1 aromatic carbocycles. The molecule has 0 fully saturated rings. The molecule has 65 valence electrons. The second kappa shape index (κ2) is 3.23. The molecule has 0 unspecified atom stereocenters. The highest BCUT2D eigenvalue weighted by molar-refractivity contribution is 6.31. The van der Waals surface area contributed by atoms with Crippen LogP contribution in [-0.4, -0.2) is 11.3 Å². The first-order valence-electron chi connectivity index (χ1n) is 3.92. The van der Waals surface area contributed by atoms with E-state index in [0.29, 0.717) is 11.4 Å². The molecule has 1 aromatic heterocycles. The van der Waals surface area contributed by atoms with Crippen molar-refractivity contribution in [1.29, 1.82) is 0 Å². The van der Waals surface area contributed by atoms with Crippen molar-refractivity contribution < 1.29 is 4.79 Å². The number of aromatic amines is 1. The van der Waals surface area contributed by atoms with Gasteiger partial charge in [-0.25, -0.2) is 0 Å². The number of benzene rings is 1. The fraction of sp³-hybridized carbons (Fsp3) is 0.100. The van der Waals surface area contributed by atoms with Crippen LogP contribution >= 0.6 is 11.6 Å². The zero-order chi connectivity index (χ0) is 9.26. The Labute approximate surface area is 80.5 Å². The molecular formula is C10H7ClNO. The van der Waals surface area contributed by atoms with Crippen LogP contribution in [0, 0.1) is 0 Å². The van der Waals surface area contributed by atoms with Crippen molar-refractivity contribution in [2.75, 3.05) is 0 Å². The number of rotatable bonds is 2. The van der Waals surface area contributed by atoms with Gasteiger partial charge in [-0.1, -0.05) is 11.6 Å². The van der Waals surface area contributed by atoms with Gasteiger partial charge in [0.15, 0.2) is 0 Å². The second-order valence-electron chi connectivity index (χ2n) is 2.82. The summed E-state index contributed by atoms with van der Waals surface area (Å²) in [7, 11) is 0. The molecule has 1 radical (unpaired) electrons. The smallest absolute Gasteiger partial charge is 0.203 e. The van der Waals surface area contributed by atoms with Crippen molar-refractivity contribution in [3.05, 3.63) is 35.0 Å². The van der Waals surface area contributed by atoms with Crippen LogP contribution in [0.3, 0.4) is 0 Å². The van der Waals surface area contributed by atoms with E-state index in [4.69, 9.17) is 11.6 Å². The maximum absolute atomic E-state index is 10.2. The van der Waals surface area contributed by atoms with Crippen molar-refractivity contribution in [2.24, 2.45) is 0 Å². The van der Waals surface area contributed by atoms with Gasteiger partial charge in [-0.3, -0.25) is 4.79 Å². The van der Waals surface area contributed by atoms with E-state index in [0.717, 1.165) is 16.5 Å². The lowest BCUT2D eigenvalue weighted by molar-refractivity contribution is 0.555. The first-order chi connectivity index (χ1) is 6.31. The van der Waals surface area contributed by atoms with E-state index < -0.39 is 0 Å². The van der Waals surface area contributed by atoms with E-state index in [9.17, 15) is 4.79 Å². The third kappa shape index (κ3) is 1.45. The summed E-state index contributed by atoms with van der Waals surface area (Å²) in [6.07, 6.45) is 3.99. The van der Waals surface area contributed by atoms with Gasteiger partial charge < -0.3 is 4.98 Å². The van der Waals surface area contributed by atoms with Gasteiger partial charge >= 0.3 is 0 Å². The van der Waals surface area contributed by atoms with E-state index in [-0.39, 0.29) is 0 Å². The molecule has 0 saturated carbocycles. The van der Waals surface area contributed by atoms with Crippen molar-refractivity contribution in [2.45, 2.75) is 6.42 Å². The Hall–Kier alpha value is -1.28. The molecule has 0 amide bonds. The third-order valence-electron chi connectivity index (χ3n) is 1.99. The molecular weight excluding hydrogens is 186 g/mol. The number of H-pyrrole nitrogens is 1. The highest BCUT2D eigenvalue weighted by Crippen LogP contribution is 2.22. The summed E-state index contributed by atoms with van der Waals surface area (Å²) in [5.41, 5.74) is 1.93. The first kappa shape index (κ1) is 8.32. The van der Waals surface area contributed by atoms with Crippen LogP contribution in [0.5, 0.6) is 0 Å². The Bertz CT molecular complexity index is 447. The lowest BCUT2D eigenvalue weighted by Gasteiger charge is -1.93. The molecule has 0 aliphatic carbocycles. The monoisotopic (exact) mass is 192 g/mol. The van der Waals surface area contributed by atoms with Gasteiger partial charge in [-0.2, -0.15) is 0 Å². The number of carbonyl (C=O) groups excluding carboxylic acids is 1. The predicted octanol–water partition coefficient (Wildman–Crippen LogP) is 2.47. The van der Waals surface area contributed by atoms with Crippen LogP contribution in [0.15, 0.2) is 24.4 Å². The van der Waals surface area contributed by atoms with Crippen LogP contribution in [0.4, 0.5) is 0 Å². The summed E-state index contributed by atoms with van der Waals surface area (Å²) in [6.45, 7) is 0. The summed E-state index contributed by atoms with van der Waals surface area (Å²) in [5.74, 6) is 0. The molecule has 2 nitrogen and oxygen atoms in total. The number of hydrogen-bond acceptors (Lipinski definition) is 1. The SMILES string of the molecule is O=[C]Cc1c[nH]c2ccc(Cl)cc12. The number of fused-ring (bicyclic) bond motifs is 1. The van der Waals surface area contributed by atoms with Gasteiger partial charge in [0.1, 0.15) is 0 Å². The van der Waals surface area contributed by atoms with Gasteiger partial charge in [0.25, 0.3) is 0 Å². The lowest BCUT2D eigenvalue weighted by Crippen LogP contribution is -1.81. The molecule has 0 saturated heterocycles. The zero-order valence-electron chi connectivity index (χ0n) is 6.80. The molecule has 3 heteroatoms. The molecule has 1 heterocycles. The lowest BCUT2D eigenvalue weighted by atomic mass is 10.1. The summed E-state index contributed by atoms with van der Waals surface area (Å²) in [4.78, 5) is 13.3. The summed E-state index contributed by atoms with van der Waals surface area (Å²) in [5, 5.41) is 1.68. The van der Waals surface area contributed by atoms with Crippen LogP contribution in [0.1, 0.15) is 5.56 Å². The number of halogens is 1. The van der Waals surface area contributed by atoms with E-state index in [1.807, 2.05) is 30.7 Å². The van der Waals surface area contributed by atoms with Gasteiger partial charge in [0.05, 0.1) is 0 Å². The number of nitrogens with one attached hydrogen (secondary N) is 1. The fourth-order valence-corrected chi connectivity index (χ4v) is 1.55. The predicted molar refractivity (Wildman–Crippen MR) is 52.7 cm³/mol. The average Bonchev–Trinajstić information content (AvgIpc) is 2.49. The van der Waals surface area contributed by atoms with Crippen molar-refractivity contribution in [3.8, 4) is 0 Å². The normalized spacial score (nSPS) is 10.5. The largest absolute Gasteiger partial charge is 0.361 e. The van der Waals surface area contributed by atoms with Crippen molar-refractivity contribution in [3.63, 3.8) is 0 Å². The van der Waals surface area contributed by atoms with Crippen LogP contribution in [-0.2, 0) is 11.2 Å². The van der Waals surface area contributed by atoms with Crippen molar-refractivity contribution >= 4 is 28.8 Å². The molecule has 2 rings (SSSR count). The van der Waals surface area contributed by atoms with E-state index in [1.165, 1.54) is 0 Å². The molecule has 2 aromatic rings. The Morgan fingerprint density at radius 3 is 3.08 bits per heavy atom. The van der Waals surface area contributed by atoms with E-state index in [1.54, 1.807) is 0 Å². The maximum atomic E-state index is 10.2. The van der Waals surface area contributed by atoms with Gasteiger partial charge in [-0.05, 0) is 23.8 Å². The molecule has 0 aliphatic heterocycles. The summed E-state index contributed by atoms with van der Waals surface area (Å²) in [6, 6.07) is 5.56. The summed E-state index contributed by atoms with van der Waals surface area (Å²) < 4.78 is 0. The Kier molecular flexibility index (Phi) is 2.07. The third-order valence-corrected chi connectivity index (χ3v) is 2.23. The second-order valence-corrected chi connectivity index (χ2v) is 3.26. The Morgan fingerprint density at radius 2 is 2.31 bits per heavy atom. The molecule has 1 N–H and O–H groups in total. The summed E-state index contributed by atoms with van der Waals surface area (Å²) >= 11 is 5.84. The fourth-order valence-electron chi connectivity index (χ4n) is 1.37. The molecule has 0 aliphatic rings. The van der Waals surface area contributed by atoms with Gasteiger partial charge in [0, 0.05) is 28.5 Å². The number of hydrogen-bond donors (Lipinski definition) is 1. The quantitative estimate of drug-likeness (QED) is 0.779. The van der Waals surface area contributed by atoms with Crippen molar-refractivity contribution in [1.82, 2.24) is 4.98 Å². The zero-order valence-corrected chi connectivity index (χ0v) is 7.56. The molecule has 13 heavy (non-hydrogen) atoms. The highest BCUT2D eigenvalue weighted by atomic mass is 35.5.